The highest BCUT2D eigenvalue weighted by molar-refractivity contribution is 7.99. The molecule has 106 valence electrons. The third kappa shape index (κ3) is 3.09. The van der Waals surface area contributed by atoms with Crippen LogP contribution in [0.1, 0.15) is 0 Å². The minimum absolute atomic E-state index is 0.107. The Morgan fingerprint density at radius 3 is 2.71 bits per heavy atom. The summed E-state index contributed by atoms with van der Waals surface area (Å²) in [5, 5.41) is 15.5. The predicted molar refractivity (Wildman–Crippen MR) is 77.7 cm³/mol. The van der Waals surface area contributed by atoms with Crippen molar-refractivity contribution in [2.75, 3.05) is 12.4 Å². The van der Waals surface area contributed by atoms with Gasteiger partial charge in [-0.2, -0.15) is 19.6 Å². The number of aromatic nitrogens is 7. The van der Waals surface area contributed by atoms with Crippen LogP contribution in [-0.4, -0.2) is 42.2 Å². The summed E-state index contributed by atoms with van der Waals surface area (Å²) >= 11 is 7.05. The van der Waals surface area contributed by atoms with E-state index in [1.54, 1.807) is 11.7 Å². The van der Waals surface area contributed by atoms with Crippen molar-refractivity contribution in [2.24, 2.45) is 0 Å². The van der Waals surface area contributed by atoms with Crippen LogP contribution < -0.4 is 5.32 Å². The van der Waals surface area contributed by atoms with Crippen molar-refractivity contribution in [3.63, 3.8) is 0 Å². The fraction of sp³-hybridized carbons (Fsp3) is 0.0909. The van der Waals surface area contributed by atoms with E-state index in [1.807, 2.05) is 30.3 Å². The number of nitrogens with zero attached hydrogens (tertiary/aromatic N) is 7. The number of anilines is 1. The van der Waals surface area contributed by atoms with Gasteiger partial charge in [0, 0.05) is 7.05 Å². The molecule has 3 aromatic rings. The highest BCUT2D eigenvalue weighted by atomic mass is 35.5. The van der Waals surface area contributed by atoms with Crippen LogP contribution in [0.3, 0.4) is 0 Å². The molecule has 1 N–H and O–H groups in total. The van der Waals surface area contributed by atoms with E-state index in [0.717, 1.165) is 5.69 Å². The molecule has 0 aliphatic rings. The zero-order valence-corrected chi connectivity index (χ0v) is 12.4. The molecular formula is C11H9ClN8S. The van der Waals surface area contributed by atoms with Crippen molar-refractivity contribution in [1.29, 1.82) is 0 Å². The van der Waals surface area contributed by atoms with Gasteiger partial charge in [0.05, 0.1) is 5.69 Å². The largest absolute Gasteiger partial charge is 0.357 e. The Kier molecular flexibility index (Phi) is 3.93. The number of para-hydroxylation sites is 1. The van der Waals surface area contributed by atoms with Gasteiger partial charge in [0.2, 0.25) is 21.5 Å². The van der Waals surface area contributed by atoms with Gasteiger partial charge in [-0.15, -0.1) is 5.10 Å². The molecular weight excluding hydrogens is 312 g/mol. The maximum absolute atomic E-state index is 5.85. The molecule has 3 rings (SSSR count). The van der Waals surface area contributed by atoms with Crippen LogP contribution in [-0.2, 0) is 0 Å². The van der Waals surface area contributed by atoms with Crippen molar-refractivity contribution < 1.29 is 0 Å². The standard InChI is InChI=1S/C11H9ClN8S/c1-13-9-14-8(12)15-10(16-9)21-11-17-18-19-20(11)7-5-3-2-4-6-7/h2-6H,1H3,(H,13,14,15,16). The van der Waals surface area contributed by atoms with E-state index in [4.69, 9.17) is 11.6 Å². The lowest BCUT2D eigenvalue weighted by molar-refractivity contribution is 0.754. The number of tetrazole rings is 1. The minimum atomic E-state index is 0.107. The Balaban J connectivity index is 1.93. The number of halogens is 1. The predicted octanol–water partition coefficient (Wildman–Crippen LogP) is 1.69. The number of nitrogens with one attached hydrogen (secondary N) is 1. The van der Waals surface area contributed by atoms with Gasteiger partial charge in [0.15, 0.2) is 0 Å². The Morgan fingerprint density at radius 2 is 1.95 bits per heavy atom. The molecule has 0 spiro atoms. The first-order chi connectivity index (χ1) is 10.3. The molecule has 0 fully saturated rings. The zero-order valence-electron chi connectivity index (χ0n) is 10.8. The van der Waals surface area contributed by atoms with E-state index >= 15 is 0 Å². The van der Waals surface area contributed by atoms with E-state index in [0.29, 0.717) is 16.3 Å². The first-order valence-corrected chi connectivity index (χ1v) is 7.06. The lowest BCUT2D eigenvalue weighted by Gasteiger charge is -2.04. The van der Waals surface area contributed by atoms with E-state index in [1.165, 1.54) is 11.8 Å². The van der Waals surface area contributed by atoms with Gasteiger partial charge < -0.3 is 5.32 Å². The molecule has 0 atom stereocenters. The minimum Gasteiger partial charge on any atom is -0.357 e. The maximum Gasteiger partial charge on any atom is 0.228 e. The van der Waals surface area contributed by atoms with E-state index < -0.39 is 0 Å². The fourth-order valence-electron chi connectivity index (χ4n) is 1.54. The van der Waals surface area contributed by atoms with Gasteiger partial charge in [-0.1, -0.05) is 18.2 Å². The van der Waals surface area contributed by atoms with Crippen LogP contribution >= 0.6 is 23.4 Å². The van der Waals surface area contributed by atoms with Crippen molar-refractivity contribution in [3.05, 3.63) is 35.6 Å². The van der Waals surface area contributed by atoms with Crippen LogP contribution in [0.25, 0.3) is 5.69 Å². The smallest absolute Gasteiger partial charge is 0.228 e. The van der Waals surface area contributed by atoms with E-state index in [2.05, 4.69) is 35.8 Å². The molecule has 0 bridgehead atoms. The second-order valence-corrected chi connectivity index (χ2v) is 5.04. The first-order valence-electron chi connectivity index (χ1n) is 5.87. The molecule has 1 aromatic carbocycles. The van der Waals surface area contributed by atoms with Crippen LogP contribution in [0.4, 0.5) is 5.95 Å². The quantitative estimate of drug-likeness (QED) is 0.776. The summed E-state index contributed by atoms with van der Waals surface area (Å²) in [5.74, 6) is 0.385. The van der Waals surface area contributed by atoms with E-state index in [9.17, 15) is 0 Å². The molecule has 2 heterocycles. The number of rotatable bonds is 4. The van der Waals surface area contributed by atoms with Crippen LogP contribution in [0.5, 0.6) is 0 Å². The van der Waals surface area contributed by atoms with Crippen molar-refractivity contribution in [3.8, 4) is 5.69 Å². The second-order valence-electron chi connectivity index (χ2n) is 3.77. The van der Waals surface area contributed by atoms with Crippen LogP contribution in [0.15, 0.2) is 40.6 Å². The molecule has 0 radical (unpaired) electrons. The maximum atomic E-state index is 5.85. The molecule has 0 amide bonds. The first kappa shape index (κ1) is 13.7. The molecule has 2 aromatic heterocycles. The third-order valence-electron chi connectivity index (χ3n) is 2.44. The van der Waals surface area contributed by atoms with Crippen LogP contribution in [0.2, 0.25) is 5.28 Å². The van der Waals surface area contributed by atoms with Crippen molar-refractivity contribution in [1.82, 2.24) is 35.2 Å². The van der Waals surface area contributed by atoms with Crippen molar-refractivity contribution >= 4 is 29.3 Å². The van der Waals surface area contributed by atoms with Gasteiger partial charge in [-0.25, -0.2) is 0 Å². The summed E-state index contributed by atoms with van der Waals surface area (Å²) in [5.41, 5.74) is 0.846. The number of hydrogen-bond acceptors (Lipinski definition) is 8. The SMILES string of the molecule is CNc1nc(Cl)nc(Sc2nnnn2-c2ccccc2)n1. The molecule has 0 unspecified atom stereocenters. The number of benzene rings is 1. The summed E-state index contributed by atoms with van der Waals surface area (Å²) in [4.78, 5) is 12.2. The van der Waals surface area contributed by atoms with E-state index in [-0.39, 0.29) is 5.28 Å². The lowest BCUT2D eigenvalue weighted by atomic mass is 10.3. The summed E-state index contributed by atoms with van der Waals surface area (Å²) in [7, 11) is 1.70. The summed E-state index contributed by atoms with van der Waals surface area (Å²) in [6.07, 6.45) is 0. The summed E-state index contributed by atoms with van der Waals surface area (Å²) < 4.78 is 1.60. The highest BCUT2D eigenvalue weighted by Gasteiger charge is 2.13. The average Bonchev–Trinajstić information content (AvgIpc) is 2.95. The Morgan fingerprint density at radius 1 is 1.14 bits per heavy atom. The molecule has 0 saturated heterocycles. The van der Waals surface area contributed by atoms with Gasteiger partial charge in [-0.3, -0.25) is 0 Å². The summed E-state index contributed by atoms with van der Waals surface area (Å²) in [6, 6.07) is 9.54. The fourth-order valence-corrected chi connectivity index (χ4v) is 2.49. The van der Waals surface area contributed by atoms with Crippen LogP contribution in [0, 0.1) is 0 Å². The lowest BCUT2D eigenvalue weighted by Crippen LogP contribution is -2.02. The third-order valence-corrected chi connectivity index (χ3v) is 3.41. The van der Waals surface area contributed by atoms with Gasteiger partial charge in [-0.05, 0) is 45.9 Å². The molecule has 0 aliphatic heterocycles. The van der Waals surface area contributed by atoms with Gasteiger partial charge in [0.1, 0.15) is 0 Å². The average molecular weight is 321 g/mol. The normalized spacial score (nSPS) is 10.6. The molecule has 8 nitrogen and oxygen atoms in total. The van der Waals surface area contributed by atoms with Gasteiger partial charge >= 0.3 is 0 Å². The molecule has 10 heteroatoms. The number of hydrogen-bond donors (Lipinski definition) is 1. The zero-order chi connectivity index (χ0) is 14.7. The summed E-state index contributed by atoms with van der Waals surface area (Å²) in [6.45, 7) is 0. The topological polar surface area (TPSA) is 94.3 Å². The molecule has 21 heavy (non-hydrogen) atoms. The second kappa shape index (κ2) is 6.02. The van der Waals surface area contributed by atoms with Crippen molar-refractivity contribution in [2.45, 2.75) is 10.3 Å². The Labute approximate surface area is 129 Å². The Hall–Kier alpha value is -2.26. The highest BCUT2D eigenvalue weighted by Crippen LogP contribution is 2.25. The Bertz CT molecular complexity index is 747. The monoisotopic (exact) mass is 320 g/mol. The molecule has 0 aliphatic carbocycles. The molecule has 0 saturated carbocycles. The van der Waals surface area contributed by atoms with Gasteiger partial charge in [0.25, 0.3) is 0 Å².